The lowest BCUT2D eigenvalue weighted by atomic mass is 9.98. The van der Waals surface area contributed by atoms with E-state index in [1.54, 1.807) is 6.92 Å². The van der Waals surface area contributed by atoms with Crippen molar-refractivity contribution in [2.75, 3.05) is 0 Å². The van der Waals surface area contributed by atoms with Crippen LogP contribution in [-0.4, -0.2) is 41.8 Å². The number of ether oxygens (including phenoxy) is 2. The van der Waals surface area contributed by atoms with Gasteiger partial charge in [0.05, 0.1) is 0 Å². The maximum atomic E-state index is 13.1. The molecule has 0 unspecified atom stereocenters. The van der Waals surface area contributed by atoms with E-state index in [0.29, 0.717) is 12.8 Å². The van der Waals surface area contributed by atoms with Gasteiger partial charge in [0, 0.05) is 12.1 Å². The summed E-state index contributed by atoms with van der Waals surface area (Å²) in [6, 6.07) is 22.9. The molecule has 4 rings (SSSR count). The van der Waals surface area contributed by atoms with Crippen LogP contribution >= 0.6 is 0 Å². The zero-order valence-corrected chi connectivity index (χ0v) is 23.6. The Labute approximate surface area is 235 Å². The number of alkyl carbamates (subject to hydrolysis) is 2. The quantitative estimate of drug-likeness (QED) is 0.313. The Morgan fingerprint density at radius 2 is 1.57 bits per heavy atom. The summed E-state index contributed by atoms with van der Waals surface area (Å²) in [5.74, 6) is -0.0721. The van der Waals surface area contributed by atoms with Gasteiger partial charge < -0.3 is 25.4 Å². The molecule has 3 aromatic carbocycles. The van der Waals surface area contributed by atoms with E-state index in [-0.39, 0.29) is 30.5 Å². The maximum absolute atomic E-state index is 13.1. The van der Waals surface area contributed by atoms with E-state index in [1.165, 1.54) is 0 Å². The van der Waals surface area contributed by atoms with Crippen LogP contribution < -0.4 is 16.0 Å². The zero-order valence-electron chi connectivity index (χ0n) is 23.6. The van der Waals surface area contributed by atoms with Crippen molar-refractivity contribution in [2.45, 2.75) is 77.3 Å². The van der Waals surface area contributed by atoms with Crippen LogP contribution in [0.3, 0.4) is 0 Å². The van der Waals surface area contributed by atoms with Crippen LogP contribution in [0.4, 0.5) is 9.59 Å². The first kappa shape index (κ1) is 28.9. The van der Waals surface area contributed by atoms with Gasteiger partial charge in [-0.15, -0.1) is 0 Å². The normalized spacial score (nSPS) is 17.8. The molecule has 0 spiro atoms. The zero-order chi connectivity index (χ0) is 28.7. The summed E-state index contributed by atoms with van der Waals surface area (Å²) in [5, 5.41) is 11.0. The summed E-state index contributed by atoms with van der Waals surface area (Å²) < 4.78 is 10.7. The Balaban J connectivity index is 1.36. The Kier molecular flexibility index (Phi) is 9.30. The Morgan fingerprint density at radius 3 is 2.30 bits per heavy atom. The first-order valence-electron chi connectivity index (χ1n) is 13.8. The van der Waals surface area contributed by atoms with Gasteiger partial charge in [-0.25, -0.2) is 9.59 Å². The molecular weight excluding hydrogens is 506 g/mol. The summed E-state index contributed by atoms with van der Waals surface area (Å²) in [7, 11) is 0. The molecule has 3 amide bonds. The standard InChI is InChI=1S/C32H39N3O5/c1-21(33-30(37)39-20-22-10-6-5-7-11-22)29(36)34-27(17-23-14-15-24-12-8-9-13-25(24)16-23)18-26-19-28(26)35-31(38)40-32(2,3)4/h5-16,21,26-28H,17-20H2,1-4H3,(H,33,37)(H,34,36)(H,35,38)/t21-,26+,27+,28-/m0/s1. The molecular formula is C32H39N3O5. The van der Waals surface area contributed by atoms with Gasteiger partial charge in [0.25, 0.3) is 0 Å². The molecule has 1 fully saturated rings. The number of rotatable bonds is 10. The lowest BCUT2D eigenvalue weighted by molar-refractivity contribution is -0.123. The highest BCUT2D eigenvalue weighted by molar-refractivity contribution is 5.85. The number of nitrogens with one attached hydrogen (secondary N) is 3. The number of fused-ring (bicyclic) bond motifs is 1. The Hall–Kier alpha value is -4.07. The van der Waals surface area contributed by atoms with Gasteiger partial charge in [-0.05, 0) is 74.8 Å². The topological polar surface area (TPSA) is 106 Å². The summed E-state index contributed by atoms with van der Waals surface area (Å²) >= 11 is 0. The second kappa shape index (κ2) is 12.9. The van der Waals surface area contributed by atoms with E-state index in [2.05, 4.69) is 46.3 Å². The summed E-state index contributed by atoms with van der Waals surface area (Å²) in [4.78, 5) is 37.6. The highest BCUT2D eigenvalue weighted by atomic mass is 16.6. The van der Waals surface area contributed by atoms with Crippen LogP contribution in [0.5, 0.6) is 0 Å². The smallest absolute Gasteiger partial charge is 0.408 e. The molecule has 3 aromatic rings. The molecule has 0 saturated heterocycles. The van der Waals surface area contributed by atoms with Crippen molar-refractivity contribution in [3.63, 3.8) is 0 Å². The summed E-state index contributed by atoms with van der Waals surface area (Å²) in [6.45, 7) is 7.26. The predicted molar refractivity (Wildman–Crippen MR) is 155 cm³/mol. The van der Waals surface area contributed by atoms with Crippen LogP contribution in [0.25, 0.3) is 10.8 Å². The molecule has 0 aromatic heterocycles. The van der Waals surface area contributed by atoms with E-state index >= 15 is 0 Å². The number of hydrogen-bond acceptors (Lipinski definition) is 5. The fourth-order valence-electron chi connectivity index (χ4n) is 4.69. The van der Waals surface area contributed by atoms with Crippen molar-refractivity contribution < 1.29 is 23.9 Å². The van der Waals surface area contributed by atoms with E-state index in [4.69, 9.17) is 9.47 Å². The molecule has 1 saturated carbocycles. The van der Waals surface area contributed by atoms with Gasteiger partial charge in [0.15, 0.2) is 0 Å². The molecule has 0 aliphatic heterocycles. The third kappa shape index (κ3) is 9.00. The van der Waals surface area contributed by atoms with Gasteiger partial charge >= 0.3 is 12.2 Å². The molecule has 8 nitrogen and oxygen atoms in total. The molecule has 212 valence electrons. The van der Waals surface area contributed by atoms with E-state index in [0.717, 1.165) is 28.3 Å². The number of amides is 3. The molecule has 8 heteroatoms. The number of carbonyl (C=O) groups excluding carboxylic acids is 3. The first-order chi connectivity index (χ1) is 19.1. The lowest BCUT2D eigenvalue weighted by Crippen LogP contribution is -2.49. The van der Waals surface area contributed by atoms with E-state index in [9.17, 15) is 14.4 Å². The van der Waals surface area contributed by atoms with Crippen molar-refractivity contribution in [3.8, 4) is 0 Å². The van der Waals surface area contributed by atoms with Gasteiger partial charge in [0.1, 0.15) is 18.2 Å². The van der Waals surface area contributed by atoms with Crippen LogP contribution in [0, 0.1) is 5.92 Å². The van der Waals surface area contributed by atoms with Crippen LogP contribution in [0.15, 0.2) is 72.8 Å². The molecule has 1 aliphatic carbocycles. The van der Waals surface area contributed by atoms with Crippen LogP contribution in [0.1, 0.15) is 51.7 Å². The number of hydrogen-bond donors (Lipinski definition) is 3. The van der Waals surface area contributed by atoms with Crippen molar-refractivity contribution in [3.05, 3.63) is 83.9 Å². The van der Waals surface area contributed by atoms with Crippen molar-refractivity contribution in [1.29, 1.82) is 0 Å². The average molecular weight is 546 g/mol. The van der Waals surface area contributed by atoms with E-state index in [1.807, 2.05) is 63.2 Å². The fraction of sp³-hybridized carbons (Fsp3) is 0.406. The largest absolute Gasteiger partial charge is 0.445 e. The maximum Gasteiger partial charge on any atom is 0.408 e. The second-order valence-corrected chi connectivity index (χ2v) is 11.5. The summed E-state index contributed by atoms with van der Waals surface area (Å²) in [5.41, 5.74) is 1.40. The van der Waals surface area contributed by atoms with Crippen molar-refractivity contribution in [1.82, 2.24) is 16.0 Å². The molecule has 0 radical (unpaired) electrons. The lowest BCUT2D eigenvalue weighted by Gasteiger charge is -2.23. The van der Waals surface area contributed by atoms with Crippen LogP contribution in [-0.2, 0) is 27.3 Å². The summed E-state index contributed by atoms with van der Waals surface area (Å²) in [6.07, 6.45) is 1.05. The number of carbonyl (C=O) groups is 3. The monoisotopic (exact) mass is 545 g/mol. The van der Waals surface area contributed by atoms with Crippen LogP contribution in [0.2, 0.25) is 0 Å². The van der Waals surface area contributed by atoms with Gasteiger partial charge in [0.2, 0.25) is 5.91 Å². The Morgan fingerprint density at radius 1 is 0.875 bits per heavy atom. The minimum Gasteiger partial charge on any atom is -0.445 e. The number of benzene rings is 3. The molecule has 0 bridgehead atoms. The van der Waals surface area contributed by atoms with Crippen molar-refractivity contribution in [2.24, 2.45) is 5.92 Å². The highest BCUT2D eigenvalue weighted by Crippen LogP contribution is 2.35. The highest BCUT2D eigenvalue weighted by Gasteiger charge is 2.41. The second-order valence-electron chi connectivity index (χ2n) is 11.5. The average Bonchev–Trinajstić information content (AvgIpc) is 3.63. The van der Waals surface area contributed by atoms with E-state index < -0.39 is 23.8 Å². The predicted octanol–water partition coefficient (Wildman–Crippen LogP) is 5.49. The van der Waals surface area contributed by atoms with Gasteiger partial charge in [-0.2, -0.15) is 0 Å². The minimum atomic E-state index is -0.780. The molecule has 40 heavy (non-hydrogen) atoms. The van der Waals surface area contributed by atoms with Gasteiger partial charge in [-0.3, -0.25) is 4.79 Å². The SMILES string of the molecule is C[C@H](NC(=O)OCc1ccccc1)C(=O)N[C@H](Cc1ccc2ccccc2c1)C[C@@H]1C[C@@H]1NC(=O)OC(C)(C)C. The molecule has 4 atom stereocenters. The molecule has 0 heterocycles. The fourth-order valence-corrected chi connectivity index (χ4v) is 4.69. The minimum absolute atomic E-state index is 0.00867. The first-order valence-corrected chi connectivity index (χ1v) is 13.8. The molecule has 1 aliphatic rings. The van der Waals surface area contributed by atoms with Gasteiger partial charge in [-0.1, -0.05) is 72.8 Å². The molecule has 3 N–H and O–H groups in total. The Bertz CT molecular complexity index is 1320. The third-order valence-electron chi connectivity index (χ3n) is 6.79. The third-order valence-corrected chi connectivity index (χ3v) is 6.79. The van der Waals surface area contributed by atoms with Crippen molar-refractivity contribution >= 4 is 28.9 Å².